The Labute approximate surface area is 174 Å². The fraction of sp³-hybridized carbons (Fsp3) is 0.545. The molecule has 2 bridgehead atoms. The lowest BCUT2D eigenvalue weighted by atomic mass is 9.58. The summed E-state index contributed by atoms with van der Waals surface area (Å²) >= 11 is 6.82. The summed E-state index contributed by atoms with van der Waals surface area (Å²) in [5.74, 6) is -2.20. The van der Waals surface area contributed by atoms with Gasteiger partial charge >= 0.3 is 5.97 Å². The van der Waals surface area contributed by atoms with E-state index in [1.807, 2.05) is 43.7 Å². The molecular weight excluding hydrogens is 394 g/mol. The largest absolute Gasteiger partial charge is 0.468 e. The number of methoxy groups -OCH3 is 1. The van der Waals surface area contributed by atoms with Crippen LogP contribution < -0.4 is 0 Å². The maximum Gasteiger partial charge on any atom is 0.324 e. The maximum atomic E-state index is 14.0. The Morgan fingerprint density at radius 2 is 1.97 bits per heavy atom. The fourth-order valence-corrected chi connectivity index (χ4v) is 6.26. The second-order valence-corrected chi connectivity index (χ2v) is 9.31. The predicted molar refractivity (Wildman–Crippen MR) is 107 cm³/mol. The number of ketones is 1. The summed E-state index contributed by atoms with van der Waals surface area (Å²) < 4.78 is 19.2. The van der Waals surface area contributed by atoms with Gasteiger partial charge in [-0.15, -0.1) is 0 Å². The van der Waals surface area contributed by atoms with Gasteiger partial charge in [0, 0.05) is 47.7 Å². The van der Waals surface area contributed by atoms with Crippen LogP contribution in [0.1, 0.15) is 37.8 Å². The molecule has 1 spiro atoms. The van der Waals surface area contributed by atoms with E-state index in [0.717, 1.165) is 16.5 Å². The average molecular weight is 418 g/mol. The number of hydrogen-bond donors (Lipinski definition) is 0. The minimum absolute atomic E-state index is 0.114. The highest BCUT2D eigenvalue weighted by molar-refractivity contribution is 6.33. The Hall–Kier alpha value is -1.89. The van der Waals surface area contributed by atoms with E-state index in [-0.39, 0.29) is 12.2 Å². The van der Waals surface area contributed by atoms with Gasteiger partial charge in [-0.2, -0.15) is 0 Å². The first-order valence-corrected chi connectivity index (χ1v) is 10.3. The standard InChI is InChI=1S/C22H24ClNO5/c1-20(2)13-10-21(28-8-9-29-21)11-22(17(13)25,19(26)27-4)12-6-5-7-14-15(12)16(20)18(23)24(14)3/h5-7,13H,8-11H2,1-4H3/t13-,22+/m0/s1. The minimum atomic E-state index is -1.49. The summed E-state index contributed by atoms with van der Waals surface area (Å²) in [6.45, 7) is 4.93. The van der Waals surface area contributed by atoms with E-state index in [4.69, 9.17) is 25.8 Å². The van der Waals surface area contributed by atoms with Crippen molar-refractivity contribution in [2.45, 2.75) is 43.3 Å². The van der Waals surface area contributed by atoms with Gasteiger partial charge in [-0.1, -0.05) is 37.6 Å². The second-order valence-electron chi connectivity index (χ2n) is 8.95. The van der Waals surface area contributed by atoms with Crippen LogP contribution in [0, 0.1) is 5.92 Å². The molecule has 1 saturated heterocycles. The molecule has 0 N–H and O–H groups in total. The van der Waals surface area contributed by atoms with Crippen LogP contribution in [0.5, 0.6) is 0 Å². The molecule has 1 aromatic carbocycles. The van der Waals surface area contributed by atoms with Crippen LogP contribution in [0.2, 0.25) is 5.15 Å². The number of rotatable bonds is 1. The number of carbonyl (C=O) groups is 2. The fourth-order valence-electron chi connectivity index (χ4n) is 5.83. The molecule has 154 valence electrons. The van der Waals surface area contributed by atoms with Gasteiger partial charge in [-0.05, 0) is 11.6 Å². The number of ether oxygens (including phenoxy) is 3. The molecule has 0 amide bonds. The molecule has 29 heavy (non-hydrogen) atoms. The van der Waals surface area contributed by atoms with Gasteiger partial charge in [0.2, 0.25) is 0 Å². The molecule has 5 rings (SSSR count). The lowest BCUT2D eigenvalue weighted by Gasteiger charge is -2.47. The van der Waals surface area contributed by atoms with Crippen molar-refractivity contribution in [2.24, 2.45) is 13.0 Å². The van der Waals surface area contributed by atoms with Gasteiger partial charge in [0.1, 0.15) is 5.15 Å². The highest BCUT2D eigenvalue weighted by Gasteiger charge is 2.66. The third-order valence-electron chi connectivity index (χ3n) is 7.26. The highest BCUT2D eigenvalue weighted by Crippen LogP contribution is 2.59. The quantitative estimate of drug-likeness (QED) is 0.526. The average Bonchev–Trinajstić information content (AvgIpc) is 3.25. The van der Waals surface area contributed by atoms with Crippen LogP contribution in [0.3, 0.4) is 0 Å². The topological polar surface area (TPSA) is 66.8 Å². The molecule has 6 nitrogen and oxygen atoms in total. The molecular formula is C22H24ClNO5. The number of aryl methyl sites for hydroxylation is 1. The summed E-state index contributed by atoms with van der Waals surface area (Å²) in [4.78, 5) is 27.4. The Bertz CT molecular complexity index is 1060. The third-order valence-corrected chi connectivity index (χ3v) is 7.71. The molecule has 2 atom stereocenters. The van der Waals surface area contributed by atoms with Gasteiger partial charge in [-0.25, -0.2) is 0 Å². The Morgan fingerprint density at radius 1 is 1.28 bits per heavy atom. The minimum Gasteiger partial charge on any atom is -0.468 e. The molecule has 1 aromatic heterocycles. The first-order valence-electron chi connectivity index (χ1n) is 9.88. The number of Topliss-reactive ketones (excluding diaryl/α,β-unsaturated/α-hetero) is 1. The zero-order valence-electron chi connectivity index (χ0n) is 17.0. The number of nitrogens with zero attached hydrogens (tertiary/aromatic N) is 1. The lowest BCUT2D eigenvalue weighted by molar-refractivity contribution is -0.210. The van der Waals surface area contributed by atoms with Crippen LogP contribution in [0.15, 0.2) is 18.2 Å². The second kappa shape index (κ2) is 5.84. The molecule has 2 aliphatic carbocycles. The SMILES string of the molecule is COC(=O)[C@@]12CC3(C[C@@H](C1=O)C(C)(C)c1c(Cl)n(C)c4cccc2c14)OCCO3. The first kappa shape index (κ1) is 19.1. The molecule has 2 aromatic rings. The number of hydrogen-bond acceptors (Lipinski definition) is 5. The third kappa shape index (κ3) is 2.15. The maximum absolute atomic E-state index is 14.0. The van der Waals surface area contributed by atoms with Crippen molar-refractivity contribution in [1.82, 2.24) is 4.57 Å². The number of halogens is 1. The summed E-state index contributed by atoms with van der Waals surface area (Å²) in [6, 6.07) is 5.68. The summed E-state index contributed by atoms with van der Waals surface area (Å²) in [7, 11) is 3.23. The van der Waals surface area contributed by atoms with Crippen molar-refractivity contribution in [3.05, 3.63) is 34.5 Å². The Kier molecular flexibility index (Phi) is 3.84. The molecule has 3 aliphatic rings. The van der Waals surface area contributed by atoms with E-state index in [9.17, 15) is 9.59 Å². The molecule has 2 fully saturated rings. The Balaban J connectivity index is 1.95. The highest BCUT2D eigenvalue weighted by atomic mass is 35.5. The van der Waals surface area contributed by atoms with E-state index in [1.165, 1.54) is 7.11 Å². The zero-order chi connectivity index (χ0) is 20.8. The molecule has 1 saturated carbocycles. The van der Waals surface area contributed by atoms with E-state index >= 15 is 0 Å². The number of carbonyl (C=O) groups excluding carboxylic acids is 2. The first-order chi connectivity index (χ1) is 13.7. The molecule has 1 aliphatic heterocycles. The van der Waals surface area contributed by atoms with E-state index in [1.54, 1.807) is 0 Å². The van der Waals surface area contributed by atoms with Crippen LogP contribution in [-0.2, 0) is 41.7 Å². The van der Waals surface area contributed by atoms with E-state index in [0.29, 0.717) is 30.4 Å². The monoisotopic (exact) mass is 417 g/mol. The summed E-state index contributed by atoms with van der Waals surface area (Å²) in [5, 5.41) is 1.45. The van der Waals surface area contributed by atoms with Gasteiger partial charge in [0.15, 0.2) is 17.0 Å². The number of fused-ring (bicyclic) bond motifs is 3. The normalized spacial score (nSPS) is 29.3. The zero-order valence-corrected chi connectivity index (χ0v) is 17.8. The molecule has 2 heterocycles. The summed E-state index contributed by atoms with van der Waals surface area (Å²) in [6.07, 6.45) is 0.501. The van der Waals surface area contributed by atoms with Crippen molar-refractivity contribution in [1.29, 1.82) is 0 Å². The van der Waals surface area contributed by atoms with Gasteiger partial charge in [0.05, 0.1) is 20.3 Å². The van der Waals surface area contributed by atoms with Crippen molar-refractivity contribution in [2.75, 3.05) is 20.3 Å². The summed E-state index contributed by atoms with van der Waals surface area (Å²) in [5.41, 5.74) is 0.308. The van der Waals surface area contributed by atoms with Crippen molar-refractivity contribution in [3.8, 4) is 0 Å². The van der Waals surface area contributed by atoms with E-state index in [2.05, 4.69) is 0 Å². The van der Waals surface area contributed by atoms with Crippen molar-refractivity contribution >= 4 is 34.3 Å². The van der Waals surface area contributed by atoms with Gasteiger partial charge in [-0.3, -0.25) is 9.59 Å². The smallest absolute Gasteiger partial charge is 0.324 e. The van der Waals surface area contributed by atoms with E-state index < -0.39 is 28.5 Å². The van der Waals surface area contributed by atoms with Crippen LogP contribution in [-0.4, -0.2) is 42.4 Å². The Morgan fingerprint density at radius 3 is 2.62 bits per heavy atom. The molecule has 0 radical (unpaired) electrons. The van der Waals surface area contributed by atoms with Crippen LogP contribution in [0.4, 0.5) is 0 Å². The van der Waals surface area contributed by atoms with Crippen LogP contribution in [0.25, 0.3) is 10.9 Å². The van der Waals surface area contributed by atoms with Gasteiger partial charge < -0.3 is 18.8 Å². The van der Waals surface area contributed by atoms with Crippen molar-refractivity contribution < 1.29 is 23.8 Å². The number of esters is 1. The molecule has 0 unspecified atom stereocenters. The number of benzene rings is 1. The van der Waals surface area contributed by atoms with Crippen LogP contribution >= 0.6 is 11.6 Å². The predicted octanol–water partition coefficient (Wildman–Crippen LogP) is 3.26. The lowest BCUT2D eigenvalue weighted by Crippen LogP contribution is -2.60. The van der Waals surface area contributed by atoms with Crippen molar-refractivity contribution in [3.63, 3.8) is 0 Å². The molecule has 7 heteroatoms. The van der Waals surface area contributed by atoms with Gasteiger partial charge in [0.25, 0.3) is 0 Å². The number of aromatic nitrogens is 1.